The molecule has 0 spiro atoms. The van der Waals surface area contributed by atoms with Crippen LogP contribution in [0.1, 0.15) is 25.1 Å². The third-order valence-electron chi connectivity index (χ3n) is 2.96. The lowest BCUT2D eigenvalue weighted by molar-refractivity contribution is -0.141. The molecule has 92 valence electrons. The second kappa shape index (κ2) is 5.49. The third-order valence-corrected chi connectivity index (χ3v) is 4.24. The van der Waals surface area contributed by atoms with Gasteiger partial charge < -0.3 is 4.74 Å². The van der Waals surface area contributed by atoms with Crippen LogP contribution < -0.4 is 0 Å². The van der Waals surface area contributed by atoms with Crippen molar-refractivity contribution in [3.63, 3.8) is 0 Å². The van der Waals surface area contributed by atoms with E-state index in [-0.39, 0.29) is 11.4 Å². The van der Waals surface area contributed by atoms with Gasteiger partial charge in [0, 0.05) is 12.4 Å². The van der Waals surface area contributed by atoms with Crippen molar-refractivity contribution in [2.24, 2.45) is 5.41 Å². The number of thioether (sulfide) groups is 1. The minimum atomic E-state index is -0.0981. The van der Waals surface area contributed by atoms with E-state index in [1.807, 2.05) is 6.07 Å². The van der Waals surface area contributed by atoms with E-state index in [1.54, 1.807) is 24.2 Å². The monoisotopic (exact) mass is 252 g/mol. The molecule has 1 aliphatic carbocycles. The van der Waals surface area contributed by atoms with Gasteiger partial charge in [-0.2, -0.15) is 11.8 Å². The van der Waals surface area contributed by atoms with Crippen LogP contribution >= 0.6 is 11.8 Å². The molecule has 0 aromatic carbocycles. The number of methoxy groups -OCH3 is 1. The molecule has 1 aromatic heterocycles. The molecule has 0 unspecified atom stereocenters. The minimum absolute atomic E-state index is 0.0981. The quantitative estimate of drug-likeness (QED) is 0.725. The van der Waals surface area contributed by atoms with Gasteiger partial charge in [-0.3, -0.25) is 4.79 Å². The number of ether oxygens (including phenoxy) is 1. The fraction of sp³-hybridized carbons (Fsp3) is 0.583. The standard InChI is InChI=1S/C12H16N2O2S/c1-16-11(15)7-12(3-4-12)9-17-8-10-13-5-2-6-14-10/h2,5-6H,3-4,7-9H2,1H3. The normalized spacial score (nSPS) is 16.5. The van der Waals surface area contributed by atoms with Crippen LogP contribution in [0.25, 0.3) is 0 Å². The zero-order valence-corrected chi connectivity index (χ0v) is 10.7. The summed E-state index contributed by atoms with van der Waals surface area (Å²) < 4.78 is 4.72. The molecule has 0 saturated heterocycles. The fourth-order valence-corrected chi connectivity index (χ4v) is 2.95. The molecule has 0 N–H and O–H groups in total. The Kier molecular flexibility index (Phi) is 3.99. The Morgan fingerprint density at radius 2 is 2.18 bits per heavy atom. The molecule has 17 heavy (non-hydrogen) atoms. The van der Waals surface area contributed by atoms with E-state index >= 15 is 0 Å². The van der Waals surface area contributed by atoms with Crippen molar-refractivity contribution in [3.8, 4) is 0 Å². The molecular formula is C12H16N2O2S. The topological polar surface area (TPSA) is 52.1 Å². The SMILES string of the molecule is COC(=O)CC1(CSCc2ncccn2)CC1. The second-order valence-electron chi connectivity index (χ2n) is 4.41. The van der Waals surface area contributed by atoms with Crippen LogP contribution in [0.5, 0.6) is 0 Å². The largest absolute Gasteiger partial charge is 0.469 e. The van der Waals surface area contributed by atoms with Gasteiger partial charge in [-0.25, -0.2) is 9.97 Å². The Labute approximate surface area is 105 Å². The molecule has 0 aliphatic heterocycles. The Hall–Kier alpha value is -1.10. The number of rotatable bonds is 6. The number of hydrogen-bond donors (Lipinski definition) is 0. The zero-order valence-electron chi connectivity index (χ0n) is 9.89. The minimum Gasteiger partial charge on any atom is -0.469 e. The Balaban J connectivity index is 1.73. The maximum atomic E-state index is 11.2. The van der Waals surface area contributed by atoms with E-state index in [9.17, 15) is 4.79 Å². The fourth-order valence-electron chi connectivity index (χ4n) is 1.69. The van der Waals surface area contributed by atoms with E-state index in [0.29, 0.717) is 6.42 Å². The van der Waals surface area contributed by atoms with Gasteiger partial charge in [0.2, 0.25) is 0 Å². The molecule has 1 aliphatic rings. The number of aromatic nitrogens is 2. The summed E-state index contributed by atoms with van der Waals surface area (Å²) in [6.45, 7) is 0. The van der Waals surface area contributed by atoms with Gasteiger partial charge in [-0.15, -0.1) is 0 Å². The van der Waals surface area contributed by atoms with Crippen molar-refractivity contribution in [3.05, 3.63) is 24.3 Å². The highest BCUT2D eigenvalue weighted by atomic mass is 32.2. The van der Waals surface area contributed by atoms with Gasteiger partial charge >= 0.3 is 5.97 Å². The number of carbonyl (C=O) groups excluding carboxylic acids is 1. The second-order valence-corrected chi connectivity index (χ2v) is 5.40. The number of nitrogens with zero attached hydrogens (tertiary/aromatic N) is 2. The van der Waals surface area contributed by atoms with Crippen molar-refractivity contribution in [2.45, 2.75) is 25.0 Å². The molecule has 0 bridgehead atoms. The van der Waals surface area contributed by atoms with Crippen LogP contribution in [0.2, 0.25) is 0 Å². The van der Waals surface area contributed by atoms with Crippen molar-refractivity contribution < 1.29 is 9.53 Å². The Morgan fingerprint density at radius 3 is 2.76 bits per heavy atom. The highest BCUT2D eigenvalue weighted by Gasteiger charge is 2.44. The van der Waals surface area contributed by atoms with Gasteiger partial charge in [-0.1, -0.05) is 0 Å². The van der Waals surface area contributed by atoms with Gasteiger partial charge in [0.1, 0.15) is 5.82 Å². The summed E-state index contributed by atoms with van der Waals surface area (Å²) in [5, 5.41) is 0. The lowest BCUT2D eigenvalue weighted by Gasteiger charge is -2.12. The maximum Gasteiger partial charge on any atom is 0.306 e. The predicted molar refractivity (Wildman–Crippen MR) is 66.5 cm³/mol. The molecule has 4 nitrogen and oxygen atoms in total. The third kappa shape index (κ3) is 3.70. The molecule has 1 fully saturated rings. The molecule has 0 atom stereocenters. The van der Waals surface area contributed by atoms with Gasteiger partial charge in [0.25, 0.3) is 0 Å². The summed E-state index contributed by atoms with van der Waals surface area (Å²) in [5.41, 5.74) is 0.187. The molecule has 1 heterocycles. The first-order chi connectivity index (χ1) is 8.24. The summed E-state index contributed by atoms with van der Waals surface area (Å²) >= 11 is 1.80. The smallest absolute Gasteiger partial charge is 0.306 e. The Morgan fingerprint density at radius 1 is 1.47 bits per heavy atom. The summed E-state index contributed by atoms with van der Waals surface area (Å²) in [5.74, 6) is 2.55. The molecule has 0 amide bonds. The zero-order chi connectivity index (χ0) is 12.1. The lowest BCUT2D eigenvalue weighted by Crippen LogP contribution is -2.13. The van der Waals surface area contributed by atoms with Crippen LogP contribution in [0.15, 0.2) is 18.5 Å². The summed E-state index contributed by atoms with van der Waals surface area (Å²) in [6.07, 6.45) is 6.32. The van der Waals surface area contributed by atoms with E-state index in [1.165, 1.54) is 7.11 Å². The Bertz CT molecular complexity index is 379. The highest BCUT2D eigenvalue weighted by Crippen LogP contribution is 2.51. The number of esters is 1. The summed E-state index contributed by atoms with van der Waals surface area (Å²) in [6, 6.07) is 1.81. The van der Waals surface area contributed by atoms with Crippen LogP contribution in [0, 0.1) is 5.41 Å². The van der Waals surface area contributed by atoms with E-state index in [4.69, 9.17) is 4.74 Å². The van der Waals surface area contributed by atoms with E-state index < -0.39 is 0 Å². The molecular weight excluding hydrogens is 236 g/mol. The van der Waals surface area contributed by atoms with Gasteiger partial charge in [-0.05, 0) is 30.1 Å². The van der Waals surface area contributed by atoms with Crippen molar-refractivity contribution in [1.82, 2.24) is 9.97 Å². The first-order valence-corrected chi connectivity index (χ1v) is 6.80. The number of hydrogen-bond acceptors (Lipinski definition) is 5. The van der Waals surface area contributed by atoms with Gasteiger partial charge in [0.15, 0.2) is 0 Å². The van der Waals surface area contributed by atoms with Crippen molar-refractivity contribution >= 4 is 17.7 Å². The van der Waals surface area contributed by atoms with E-state index in [0.717, 1.165) is 30.2 Å². The highest BCUT2D eigenvalue weighted by molar-refractivity contribution is 7.98. The van der Waals surface area contributed by atoms with Crippen molar-refractivity contribution in [1.29, 1.82) is 0 Å². The van der Waals surface area contributed by atoms with Crippen LogP contribution in [-0.2, 0) is 15.3 Å². The van der Waals surface area contributed by atoms with Crippen LogP contribution in [0.4, 0.5) is 0 Å². The molecule has 5 heteroatoms. The van der Waals surface area contributed by atoms with Crippen molar-refractivity contribution in [2.75, 3.05) is 12.9 Å². The summed E-state index contributed by atoms with van der Waals surface area (Å²) in [7, 11) is 1.45. The van der Waals surface area contributed by atoms with E-state index in [2.05, 4.69) is 9.97 Å². The van der Waals surface area contributed by atoms with Crippen LogP contribution in [-0.4, -0.2) is 28.8 Å². The maximum absolute atomic E-state index is 11.2. The molecule has 1 saturated carbocycles. The summed E-state index contributed by atoms with van der Waals surface area (Å²) in [4.78, 5) is 19.6. The molecule has 0 radical (unpaired) electrons. The average molecular weight is 252 g/mol. The molecule has 1 aromatic rings. The first kappa shape index (κ1) is 12.4. The predicted octanol–water partition coefficient (Wildman–Crippen LogP) is 2.05. The number of carbonyl (C=O) groups is 1. The van der Waals surface area contributed by atoms with Crippen LogP contribution in [0.3, 0.4) is 0 Å². The lowest BCUT2D eigenvalue weighted by atomic mass is 10.1. The van der Waals surface area contributed by atoms with Gasteiger partial charge in [0.05, 0.1) is 19.3 Å². The average Bonchev–Trinajstić information content (AvgIpc) is 3.10. The molecule has 2 rings (SSSR count). The first-order valence-electron chi connectivity index (χ1n) is 5.65.